The Morgan fingerprint density at radius 2 is 1.35 bits per heavy atom. The lowest BCUT2D eigenvalue weighted by molar-refractivity contribution is -0.117. The van der Waals surface area contributed by atoms with Gasteiger partial charge in [0.1, 0.15) is 0 Å². The normalized spacial score (nSPS) is 13.8. The summed E-state index contributed by atoms with van der Waals surface area (Å²) in [6.07, 6.45) is 0. The van der Waals surface area contributed by atoms with E-state index in [2.05, 4.69) is 10.6 Å². The van der Waals surface area contributed by atoms with Gasteiger partial charge in [-0.05, 0) is 29.8 Å². The standard InChI is InChI=1S/C27H28N4O3/c32-25(20-30-15-17-31(18-16-30)27(34)22-11-5-2-6-12-22)29-24-14-8-7-13-23(24)26(33)28-19-21-9-3-1-4-10-21/h1-14H,15-20H2,(H,28,33)(H,29,32). The third-order valence-electron chi connectivity index (χ3n) is 5.79. The highest BCUT2D eigenvalue weighted by Crippen LogP contribution is 2.16. The molecule has 1 aliphatic rings. The highest BCUT2D eigenvalue weighted by Gasteiger charge is 2.23. The molecular weight excluding hydrogens is 428 g/mol. The van der Waals surface area contributed by atoms with E-state index in [1.54, 1.807) is 24.3 Å². The van der Waals surface area contributed by atoms with Gasteiger partial charge in [0.15, 0.2) is 0 Å². The van der Waals surface area contributed by atoms with Gasteiger partial charge in [-0.1, -0.05) is 60.7 Å². The number of carbonyl (C=O) groups is 3. The molecule has 4 rings (SSSR count). The maximum atomic E-state index is 12.7. The summed E-state index contributed by atoms with van der Waals surface area (Å²) in [5.74, 6) is -0.418. The van der Waals surface area contributed by atoms with Crippen molar-refractivity contribution in [3.05, 3.63) is 102 Å². The van der Waals surface area contributed by atoms with Crippen molar-refractivity contribution in [2.75, 3.05) is 38.0 Å². The number of anilines is 1. The van der Waals surface area contributed by atoms with E-state index in [1.807, 2.05) is 70.5 Å². The maximum Gasteiger partial charge on any atom is 0.253 e. The molecule has 0 saturated carbocycles. The molecule has 7 heteroatoms. The minimum Gasteiger partial charge on any atom is -0.348 e. The Balaban J connectivity index is 1.28. The summed E-state index contributed by atoms with van der Waals surface area (Å²) in [4.78, 5) is 41.9. The molecule has 1 heterocycles. The number of carbonyl (C=O) groups excluding carboxylic acids is 3. The Bertz CT molecular complexity index is 1130. The van der Waals surface area contributed by atoms with E-state index >= 15 is 0 Å². The van der Waals surface area contributed by atoms with Crippen molar-refractivity contribution in [3.8, 4) is 0 Å². The molecule has 0 bridgehead atoms. The molecule has 3 aromatic rings. The largest absolute Gasteiger partial charge is 0.348 e. The highest BCUT2D eigenvalue weighted by atomic mass is 16.2. The second-order valence-corrected chi connectivity index (χ2v) is 8.20. The number of hydrogen-bond donors (Lipinski definition) is 2. The molecule has 2 N–H and O–H groups in total. The average molecular weight is 457 g/mol. The summed E-state index contributed by atoms with van der Waals surface area (Å²) in [6, 6.07) is 25.9. The molecular formula is C27H28N4O3. The number of benzene rings is 3. The monoisotopic (exact) mass is 456 g/mol. The van der Waals surface area contributed by atoms with Gasteiger partial charge in [0.2, 0.25) is 5.91 Å². The minimum atomic E-state index is -0.243. The Labute approximate surface area is 199 Å². The van der Waals surface area contributed by atoms with Gasteiger partial charge in [-0.3, -0.25) is 19.3 Å². The summed E-state index contributed by atoms with van der Waals surface area (Å²) in [7, 11) is 0. The van der Waals surface area contributed by atoms with Crippen LogP contribution in [0.1, 0.15) is 26.3 Å². The molecule has 0 spiro atoms. The number of piperazine rings is 1. The first-order valence-corrected chi connectivity index (χ1v) is 11.4. The van der Waals surface area contributed by atoms with Crippen LogP contribution >= 0.6 is 0 Å². The van der Waals surface area contributed by atoms with Crippen molar-refractivity contribution in [2.24, 2.45) is 0 Å². The Kier molecular flexibility index (Phi) is 7.67. The van der Waals surface area contributed by atoms with Gasteiger partial charge in [-0.15, -0.1) is 0 Å². The minimum absolute atomic E-state index is 0.0140. The van der Waals surface area contributed by atoms with E-state index in [9.17, 15) is 14.4 Å². The van der Waals surface area contributed by atoms with Gasteiger partial charge in [0.25, 0.3) is 11.8 Å². The number of rotatable bonds is 7. The first-order valence-electron chi connectivity index (χ1n) is 11.4. The van der Waals surface area contributed by atoms with Crippen molar-refractivity contribution in [2.45, 2.75) is 6.54 Å². The molecule has 174 valence electrons. The van der Waals surface area contributed by atoms with E-state index in [0.717, 1.165) is 5.56 Å². The van der Waals surface area contributed by atoms with Crippen LogP contribution in [-0.2, 0) is 11.3 Å². The zero-order chi connectivity index (χ0) is 23.8. The average Bonchev–Trinajstić information content (AvgIpc) is 2.89. The fourth-order valence-corrected chi connectivity index (χ4v) is 3.93. The topological polar surface area (TPSA) is 81.8 Å². The number of hydrogen-bond acceptors (Lipinski definition) is 4. The predicted octanol–water partition coefficient (Wildman–Crippen LogP) is 3.01. The summed E-state index contributed by atoms with van der Waals surface area (Å²) < 4.78 is 0. The Hall–Kier alpha value is -3.97. The van der Waals surface area contributed by atoms with Crippen LogP contribution in [0, 0.1) is 0 Å². The third-order valence-corrected chi connectivity index (χ3v) is 5.79. The van der Waals surface area contributed by atoms with E-state index in [-0.39, 0.29) is 24.3 Å². The van der Waals surface area contributed by atoms with E-state index in [1.165, 1.54) is 0 Å². The molecule has 0 radical (unpaired) electrons. The lowest BCUT2D eigenvalue weighted by Gasteiger charge is -2.34. The van der Waals surface area contributed by atoms with E-state index in [4.69, 9.17) is 0 Å². The molecule has 7 nitrogen and oxygen atoms in total. The van der Waals surface area contributed by atoms with Crippen LogP contribution in [-0.4, -0.2) is 60.2 Å². The fourth-order valence-electron chi connectivity index (χ4n) is 3.93. The zero-order valence-corrected chi connectivity index (χ0v) is 18.9. The highest BCUT2D eigenvalue weighted by molar-refractivity contribution is 6.04. The Morgan fingerprint density at radius 1 is 0.735 bits per heavy atom. The van der Waals surface area contributed by atoms with Crippen LogP contribution in [0.5, 0.6) is 0 Å². The van der Waals surface area contributed by atoms with Crippen LogP contribution in [0.4, 0.5) is 5.69 Å². The van der Waals surface area contributed by atoms with Crippen LogP contribution < -0.4 is 10.6 Å². The SMILES string of the molecule is O=C(CN1CCN(C(=O)c2ccccc2)CC1)Nc1ccccc1C(=O)NCc1ccccc1. The van der Waals surface area contributed by atoms with Crippen LogP contribution in [0.2, 0.25) is 0 Å². The van der Waals surface area contributed by atoms with Crippen molar-refractivity contribution in [3.63, 3.8) is 0 Å². The second-order valence-electron chi connectivity index (χ2n) is 8.20. The zero-order valence-electron chi connectivity index (χ0n) is 18.9. The van der Waals surface area contributed by atoms with Gasteiger partial charge in [0, 0.05) is 38.3 Å². The fraction of sp³-hybridized carbons (Fsp3) is 0.222. The van der Waals surface area contributed by atoms with Gasteiger partial charge in [0.05, 0.1) is 17.8 Å². The molecule has 3 aromatic carbocycles. The predicted molar refractivity (Wildman–Crippen MR) is 131 cm³/mol. The number of nitrogens with one attached hydrogen (secondary N) is 2. The summed E-state index contributed by atoms with van der Waals surface area (Å²) in [6.45, 7) is 2.98. The number of nitrogens with zero attached hydrogens (tertiary/aromatic N) is 2. The molecule has 34 heavy (non-hydrogen) atoms. The lowest BCUT2D eigenvalue weighted by atomic mass is 10.1. The van der Waals surface area contributed by atoms with Gasteiger partial charge in [-0.25, -0.2) is 0 Å². The molecule has 3 amide bonds. The summed E-state index contributed by atoms with van der Waals surface area (Å²) in [5, 5.41) is 5.78. The smallest absolute Gasteiger partial charge is 0.253 e. The maximum absolute atomic E-state index is 12.7. The van der Waals surface area contributed by atoms with Crippen LogP contribution in [0.15, 0.2) is 84.9 Å². The van der Waals surface area contributed by atoms with Gasteiger partial charge >= 0.3 is 0 Å². The first-order chi connectivity index (χ1) is 16.6. The molecule has 1 saturated heterocycles. The van der Waals surface area contributed by atoms with Crippen molar-refractivity contribution in [1.29, 1.82) is 0 Å². The summed E-state index contributed by atoms with van der Waals surface area (Å²) in [5.41, 5.74) is 2.58. The molecule has 0 aromatic heterocycles. The molecule has 0 unspecified atom stereocenters. The molecule has 0 atom stereocenters. The quantitative estimate of drug-likeness (QED) is 0.573. The Morgan fingerprint density at radius 3 is 2.06 bits per heavy atom. The van der Waals surface area contributed by atoms with Gasteiger partial charge < -0.3 is 15.5 Å². The van der Waals surface area contributed by atoms with Crippen molar-refractivity contribution in [1.82, 2.24) is 15.1 Å². The van der Waals surface area contributed by atoms with Crippen molar-refractivity contribution >= 4 is 23.4 Å². The summed E-state index contributed by atoms with van der Waals surface area (Å²) >= 11 is 0. The first kappa shape index (κ1) is 23.2. The number of para-hydroxylation sites is 1. The van der Waals surface area contributed by atoms with Crippen LogP contribution in [0.25, 0.3) is 0 Å². The third kappa shape index (κ3) is 6.08. The van der Waals surface area contributed by atoms with Crippen molar-refractivity contribution < 1.29 is 14.4 Å². The second kappa shape index (κ2) is 11.2. The van der Waals surface area contributed by atoms with Gasteiger partial charge in [-0.2, -0.15) is 0 Å². The lowest BCUT2D eigenvalue weighted by Crippen LogP contribution is -2.50. The number of amides is 3. The molecule has 1 fully saturated rings. The molecule has 1 aliphatic heterocycles. The van der Waals surface area contributed by atoms with E-state index < -0.39 is 0 Å². The van der Waals surface area contributed by atoms with E-state index in [0.29, 0.717) is 49.5 Å². The van der Waals surface area contributed by atoms with Crippen LogP contribution in [0.3, 0.4) is 0 Å². The molecule has 0 aliphatic carbocycles.